The summed E-state index contributed by atoms with van der Waals surface area (Å²) in [6.45, 7) is 11.8. The second-order valence-corrected chi connectivity index (χ2v) is 5.37. The summed E-state index contributed by atoms with van der Waals surface area (Å²) >= 11 is 0. The zero-order chi connectivity index (χ0) is 13.8. The third-order valence-corrected chi connectivity index (χ3v) is 4.62. The fourth-order valence-electron chi connectivity index (χ4n) is 2.79. The molecule has 0 amide bonds. The quantitative estimate of drug-likeness (QED) is 0.750. The lowest BCUT2D eigenvalue weighted by Gasteiger charge is -2.28. The highest BCUT2D eigenvalue weighted by Crippen LogP contribution is 2.44. The van der Waals surface area contributed by atoms with Crippen molar-refractivity contribution in [2.75, 3.05) is 0 Å². The van der Waals surface area contributed by atoms with E-state index in [1.807, 2.05) is 34.6 Å². The summed E-state index contributed by atoms with van der Waals surface area (Å²) in [7, 11) is 0. The van der Waals surface area contributed by atoms with E-state index in [1.165, 1.54) is 0 Å². The molecule has 0 heterocycles. The van der Waals surface area contributed by atoms with Gasteiger partial charge in [-0.15, -0.1) is 0 Å². The summed E-state index contributed by atoms with van der Waals surface area (Å²) in [5.41, 5.74) is 6.31. The number of phenolic OH excluding ortho intramolecular Hbond substituents is 1. The molecule has 1 aromatic rings. The number of rotatable bonds is 0. The number of benzene rings is 1. The third-order valence-electron chi connectivity index (χ3n) is 4.62. The molecule has 1 aromatic carbocycles. The van der Waals surface area contributed by atoms with E-state index < -0.39 is 0 Å². The Kier molecular flexibility index (Phi) is 2.84. The summed E-state index contributed by atoms with van der Waals surface area (Å²) in [6, 6.07) is 0. The molecule has 96 valence electrons. The van der Waals surface area contributed by atoms with E-state index in [4.69, 9.17) is 0 Å². The summed E-state index contributed by atoms with van der Waals surface area (Å²) in [5, 5.41) is 10.4. The second-order valence-electron chi connectivity index (χ2n) is 5.37. The van der Waals surface area contributed by atoms with Gasteiger partial charge in [0.15, 0.2) is 5.78 Å². The first-order valence-electron chi connectivity index (χ1n) is 6.33. The van der Waals surface area contributed by atoms with Gasteiger partial charge in [0.25, 0.3) is 0 Å². The minimum Gasteiger partial charge on any atom is -0.507 e. The number of hydrogen-bond donors (Lipinski definition) is 1. The molecule has 1 aliphatic rings. The largest absolute Gasteiger partial charge is 0.507 e. The molecule has 1 aliphatic carbocycles. The standard InChI is InChI=1S/C16H20O2/c1-7-9(3)13-14(15(17)11(7)5)10(4)8(2)12(6)16(13)18/h9,18H,1-6H3. The normalized spacial score (nSPS) is 19.2. The summed E-state index contributed by atoms with van der Waals surface area (Å²) in [5.74, 6) is 0.466. The number of allylic oxidation sites excluding steroid dienone is 2. The number of Topliss-reactive ketones (excluding diaryl/α,β-unsaturated/α-hetero) is 1. The Morgan fingerprint density at radius 1 is 0.944 bits per heavy atom. The number of ketones is 1. The Bertz CT molecular complexity index is 592. The molecule has 1 N–H and O–H groups in total. The third kappa shape index (κ3) is 1.45. The van der Waals surface area contributed by atoms with E-state index in [1.54, 1.807) is 0 Å². The Morgan fingerprint density at radius 2 is 1.50 bits per heavy atom. The molecule has 1 atom stereocenters. The maximum absolute atomic E-state index is 12.4. The van der Waals surface area contributed by atoms with Crippen molar-refractivity contribution in [1.82, 2.24) is 0 Å². The zero-order valence-corrected chi connectivity index (χ0v) is 11.9. The van der Waals surface area contributed by atoms with Crippen LogP contribution in [0.1, 0.15) is 59.3 Å². The number of hydrogen-bond acceptors (Lipinski definition) is 2. The van der Waals surface area contributed by atoms with Crippen LogP contribution in [-0.4, -0.2) is 10.9 Å². The van der Waals surface area contributed by atoms with Gasteiger partial charge in [-0.3, -0.25) is 4.79 Å². The molecule has 0 fully saturated rings. The second kappa shape index (κ2) is 3.98. The van der Waals surface area contributed by atoms with Crippen LogP contribution in [0.25, 0.3) is 0 Å². The van der Waals surface area contributed by atoms with Crippen molar-refractivity contribution in [2.24, 2.45) is 0 Å². The average molecular weight is 244 g/mol. The molecule has 2 rings (SSSR count). The number of carbonyl (C=O) groups is 1. The van der Waals surface area contributed by atoms with Crippen molar-refractivity contribution in [1.29, 1.82) is 0 Å². The van der Waals surface area contributed by atoms with Gasteiger partial charge < -0.3 is 5.11 Å². The van der Waals surface area contributed by atoms with Crippen molar-refractivity contribution in [2.45, 2.75) is 47.5 Å². The van der Waals surface area contributed by atoms with Crippen molar-refractivity contribution >= 4 is 5.78 Å². The molecule has 0 saturated carbocycles. The van der Waals surface area contributed by atoms with Gasteiger partial charge in [0.2, 0.25) is 0 Å². The predicted octanol–water partition coefficient (Wildman–Crippen LogP) is 3.95. The lowest BCUT2D eigenvalue weighted by molar-refractivity contribution is 0.102. The van der Waals surface area contributed by atoms with Gasteiger partial charge in [0.1, 0.15) is 5.75 Å². The van der Waals surface area contributed by atoms with Crippen molar-refractivity contribution in [3.05, 3.63) is 39.0 Å². The molecule has 0 aliphatic heterocycles. The first-order valence-corrected chi connectivity index (χ1v) is 6.33. The smallest absolute Gasteiger partial charge is 0.189 e. The molecule has 2 nitrogen and oxygen atoms in total. The fraction of sp³-hybridized carbons (Fsp3) is 0.438. The van der Waals surface area contributed by atoms with E-state index in [0.717, 1.165) is 33.4 Å². The van der Waals surface area contributed by atoms with E-state index in [9.17, 15) is 9.90 Å². The molecular formula is C16H20O2. The van der Waals surface area contributed by atoms with E-state index in [2.05, 4.69) is 6.92 Å². The van der Waals surface area contributed by atoms with Gasteiger partial charge in [-0.25, -0.2) is 0 Å². The predicted molar refractivity (Wildman–Crippen MR) is 73.4 cm³/mol. The summed E-state index contributed by atoms with van der Waals surface area (Å²) < 4.78 is 0. The zero-order valence-electron chi connectivity index (χ0n) is 11.9. The SMILES string of the molecule is CC1=C(C)C(C)c2c(O)c(C)c(C)c(C)c2C1=O. The Balaban J connectivity index is 2.91. The monoisotopic (exact) mass is 244 g/mol. The minimum absolute atomic E-state index is 0.0662. The molecule has 0 aromatic heterocycles. The maximum Gasteiger partial charge on any atom is 0.189 e. The first-order chi connectivity index (χ1) is 8.29. The maximum atomic E-state index is 12.4. The molecule has 2 heteroatoms. The highest BCUT2D eigenvalue weighted by atomic mass is 16.3. The molecule has 0 spiro atoms. The van der Waals surface area contributed by atoms with Gasteiger partial charge in [-0.05, 0) is 56.9 Å². The number of carbonyl (C=O) groups excluding carboxylic acids is 1. The van der Waals surface area contributed by atoms with E-state index in [-0.39, 0.29) is 11.7 Å². The van der Waals surface area contributed by atoms with Crippen LogP contribution in [0.15, 0.2) is 11.1 Å². The van der Waals surface area contributed by atoms with Gasteiger partial charge in [0.05, 0.1) is 0 Å². The minimum atomic E-state index is 0.0662. The molecule has 18 heavy (non-hydrogen) atoms. The van der Waals surface area contributed by atoms with Gasteiger partial charge in [-0.1, -0.05) is 12.5 Å². The molecule has 0 saturated heterocycles. The average Bonchev–Trinajstić information content (AvgIpc) is 2.35. The van der Waals surface area contributed by atoms with Crippen LogP contribution in [0.4, 0.5) is 0 Å². The van der Waals surface area contributed by atoms with Crippen LogP contribution in [0, 0.1) is 20.8 Å². The number of fused-ring (bicyclic) bond motifs is 1. The lowest BCUT2D eigenvalue weighted by atomic mass is 9.75. The van der Waals surface area contributed by atoms with Crippen LogP contribution in [-0.2, 0) is 0 Å². The van der Waals surface area contributed by atoms with E-state index >= 15 is 0 Å². The molecular weight excluding hydrogens is 224 g/mol. The first kappa shape index (κ1) is 12.9. The Morgan fingerprint density at radius 3 is 2.06 bits per heavy atom. The number of aromatic hydroxyl groups is 1. The van der Waals surface area contributed by atoms with Gasteiger partial charge in [0, 0.05) is 17.0 Å². The van der Waals surface area contributed by atoms with E-state index in [0.29, 0.717) is 11.3 Å². The summed E-state index contributed by atoms with van der Waals surface area (Å²) in [4.78, 5) is 12.4. The van der Waals surface area contributed by atoms with Crippen LogP contribution in [0.5, 0.6) is 5.75 Å². The summed E-state index contributed by atoms with van der Waals surface area (Å²) in [6.07, 6.45) is 0. The highest BCUT2D eigenvalue weighted by molar-refractivity contribution is 6.13. The topological polar surface area (TPSA) is 37.3 Å². The van der Waals surface area contributed by atoms with Crippen LogP contribution in [0.2, 0.25) is 0 Å². The Hall–Kier alpha value is -1.57. The van der Waals surface area contributed by atoms with Gasteiger partial charge in [-0.2, -0.15) is 0 Å². The van der Waals surface area contributed by atoms with Crippen LogP contribution in [0.3, 0.4) is 0 Å². The Labute approximate surface area is 108 Å². The molecule has 0 bridgehead atoms. The fourth-order valence-corrected chi connectivity index (χ4v) is 2.79. The highest BCUT2D eigenvalue weighted by Gasteiger charge is 2.32. The van der Waals surface area contributed by atoms with Crippen LogP contribution >= 0.6 is 0 Å². The van der Waals surface area contributed by atoms with Crippen molar-refractivity contribution in [3.63, 3.8) is 0 Å². The van der Waals surface area contributed by atoms with Crippen LogP contribution < -0.4 is 0 Å². The van der Waals surface area contributed by atoms with Crippen molar-refractivity contribution < 1.29 is 9.90 Å². The molecule has 1 unspecified atom stereocenters. The lowest BCUT2D eigenvalue weighted by Crippen LogP contribution is -2.19. The molecule has 0 radical (unpaired) electrons. The van der Waals surface area contributed by atoms with Crippen molar-refractivity contribution in [3.8, 4) is 5.75 Å². The number of phenols is 1. The van der Waals surface area contributed by atoms with Gasteiger partial charge >= 0.3 is 0 Å².